The number of nitrogens with zero attached hydrogens (tertiary/aromatic N) is 3. The average Bonchev–Trinajstić information content (AvgIpc) is 2.62. The monoisotopic (exact) mass is 379 g/mol. The Morgan fingerprint density at radius 3 is 2.46 bits per heavy atom. The Balaban J connectivity index is 1.85. The number of carbonyl (C=O) groups excluding carboxylic acids is 1. The quantitative estimate of drug-likeness (QED) is 0.791. The number of amides is 1. The first-order valence-electron chi connectivity index (χ1n) is 9.26. The maximum absolute atomic E-state index is 12.2. The molecule has 3 rings (SSSR count). The number of sulfonamides is 1. The number of benzene rings is 1. The number of hydrogen-bond acceptors (Lipinski definition) is 4. The fourth-order valence-corrected chi connectivity index (χ4v) is 5.34. The summed E-state index contributed by atoms with van der Waals surface area (Å²) in [5.41, 5.74) is 2.53. The predicted octanol–water partition coefficient (Wildman–Crippen LogP) is 1.27. The summed E-state index contributed by atoms with van der Waals surface area (Å²) >= 11 is 0. The molecule has 144 valence electrons. The second-order valence-corrected chi connectivity index (χ2v) is 9.93. The van der Waals surface area contributed by atoms with E-state index in [2.05, 4.69) is 23.1 Å². The average molecular weight is 380 g/mol. The molecule has 1 amide bonds. The Kier molecular flexibility index (Phi) is 5.42. The standard InChI is InChI=1S/C19H29N3O3S/c1-4-26(24,25)22-11-9-19(10-12-22)15-21(14-18(23)20(2)3)13-16-7-5-6-8-17(16)19/h5-8H,4,9-15H2,1-3H3. The van der Waals surface area contributed by atoms with Gasteiger partial charge in [0.25, 0.3) is 0 Å². The predicted molar refractivity (Wildman–Crippen MR) is 102 cm³/mol. The van der Waals surface area contributed by atoms with Gasteiger partial charge < -0.3 is 4.90 Å². The van der Waals surface area contributed by atoms with Crippen LogP contribution in [-0.2, 0) is 26.8 Å². The molecule has 0 aliphatic carbocycles. The minimum atomic E-state index is -3.14. The van der Waals surface area contributed by atoms with Gasteiger partial charge in [0, 0.05) is 45.7 Å². The Morgan fingerprint density at radius 1 is 1.19 bits per heavy atom. The molecule has 1 aromatic carbocycles. The largest absolute Gasteiger partial charge is 0.348 e. The van der Waals surface area contributed by atoms with E-state index in [1.54, 1.807) is 30.2 Å². The Labute approximate surface area is 156 Å². The molecule has 1 saturated heterocycles. The van der Waals surface area contributed by atoms with Gasteiger partial charge in [0.2, 0.25) is 15.9 Å². The van der Waals surface area contributed by atoms with Crippen LogP contribution in [0.3, 0.4) is 0 Å². The van der Waals surface area contributed by atoms with E-state index in [1.807, 2.05) is 6.07 Å². The normalized spacial score (nSPS) is 20.7. The highest BCUT2D eigenvalue weighted by atomic mass is 32.2. The van der Waals surface area contributed by atoms with E-state index in [4.69, 9.17) is 0 Å². The zero-order valence-electron chi connectivity index (χ0n) is 15.9. The second-order valence-electron chi connectivity index (χ2n) is 7.67. The van der Waals surface area contributed by atoms with Crippen molar-refractivity contribution in [2.24, 2.45) is 0 Å². The minimum Gasteiger partial charge on any atom is -0.348 e. The Bertz CT molecular complexity index is 768. The van der Waals surface area contributed by atoms with Crippen LogP contribution in [-0.4, -0.2) is 74.5 Å². The van der Waals surface area contributed by atoms with Gasteiger partial charge in [-0.1, -0.05) is 24.3 Å². The van der Waals surface area contributed by atoms with Crippen LogP contribution in [0.2, 0.25) is 0 Å². The summed E-state index contributed by atoms with van der Waals surface area (Å²) in [7, 11) is 0.425. The molecule has 0 saturated carbocycles. The zero-order chi connectivity index (χ0) is 18.9. The van der Waals surface area contributed by atoms with Crippen molar-refractivity contribution in [3.63, 3.8) is 0 Å². The van der Waals surface area contributed by atoms with Crippen LogP contribution in [0.15, 0.2) is 24.3 Å². The summed E-state index contributed by atoms with van der Waals surface area (Å²) in [6.45, 7) is 4.79. The Morgan fingerprint density at radius 2 is 1.85 bits per heavy atom. The first-order valence-corrected chi connectivity index (χ1v) is 10.9. The summed E-state index contributed by atoms with van der Waals surface area (Å²) in [6, 6.07) is 8.43. The van der Waals surface area contributed by atoms with E-state index in [1.165, 1.54) is 11.1 Å². The van der Waals surface area contributed by atoms with Gasteiger partial charge in [0.15, 0.2) is 0 Å². The lowest BCUT2D eigenvalue weighted by molar-refractivity contribution is -0.130. The van der Waals surface area contributed by atoms with Crippen molar-refractivity contribution in [2.45, 2.75) is 31.7 Å². The molecule has 0 aromatic heterocycles. The summed E-state index contributed by atoms with van der Waals surface area (Å²) in [5, 5.41) is 0. The van der Waals surface area contributed by atoms with Crippen molar-refractivity contribution >= 4 is 15.9 Å². The van der Waals surface area contributed by atoms with Crippen molar-refractivity contribution in [1.82, 2.24) is 14.1 Å². The van der Waals surface area contributed by atoms with E-state index >= 15 is 0 Å². The molecule has 0 N–H and O–H groups in total. The number of piperidine rings is 1. The van der Waals surface area contributed by atoms with Crippen molar-refractivity contribution in [3.8, 4) is 0 Å². The first kappa shape index (κ1) is 19.3. The van der Waals surface area contributed by atoms with Crippen molar-refractivity contribution < 1.29 is 13.2 Å². The van der Waals surface area contributed by atoms with Crippen molar-refractivity contribution in [3.05, 3.63) is 35.4 Å². The van der Waals surface area contributed by atoms with Gasteiger partial charge >= 0.3 is 0 Å². The molecule has 0 atom stereocenters. The minimum absolute atomic E-state index is 0.0683. The van der Waals surface area contributed by atoms with Crippen LogP contribution in [0.4, 0.5) is 0 Å². The summed E-state index contributed by atoms with van der Waals surface area (Å²) < 4.78 is 26.1. The van der Waals surface area contributed by atoms with Gasteiger partial charge in [-0.05, 0) is 30.9 Å². The SMILES string of the molecule is CCS(=O)(=O)N1CCC2(CC1)CN(CC(=O)N(C)C)Cc1ccccc12. The molecule has 0 bridgehead atoms. The van der Waals surface area contributed by atoms with Crippen LogP contribution < -0.4 is 0 Å². The topological polar surface area (TPSA) is 60.9 Å². The lowest BCUT2D eigenvalue weighted by Gasteiger charge is -2.48. The summed E-state index contributed by atoms with van der Waals surface area (Å²) in [6.07, 6.45) is 1.60. The summed E-state index contributed by atoms with van der Waals surface area (Å²) in [5.74, 6) is 0.255. The number of fused-ring (bicyclic) bond motifs is 2. The number of likely N-dealkylation sites (N-methyl/N-ethyl adjacent to an activating group) is 1. The molecule has 7 heteroatoms. The maximum Gasteiger partial charge on any atom is 0.236 e. The lowest BCUT2D eigenvalue weighted by atomic mass is 9.69. The molecule has 1 spiro atoms. The van der Waals surface area contributed by atoms with Crippen LogP contribution in [0.25, 0.3) is 0 Å². The van der Waals surface area contributed by atoms with Gasteiger partial charge in [0.1, 0.15) is 0 Å². The highest BCUT2D eigenvalue weighted by Crippen LogP contribution is 2.42. The zero-order valence-corrected chi connectivity index (χ0v) is 16.8. The Hall–Kier alpha value is -1.44. The molecular formula is C19H29N3O3S. The third-order valence-corrected chi connectivity index (χ3v) is 7.69. The van der Waals surface area contributed by atoms with Gasteiger partial charge in [-0.25, -0.2) is 12.7 Å². The molecule has 2 heterocycles. The summed E-state index contributed by atoms with van der Waals surface area (Å²) in [4.78, 5) is 16.1. The van der Waals surface area contributed by atoms with Crippen LogP contribution in [0.5, 0.6) is 0 Å². The fraction of sp³-hybridized carbons (Fsp3) is 0.632. The molecule has 6 nitrogen and oxygen atoms in total. The van der Waals surface area contributed by atoms with Gasteiger partial charge in [-0.2, -0.15) is 0 Å². The maximum atomic E-state index is 12.2. The van der Waals surface area contributed by atoms with E-state index in [0.717, 1.165) is 25.9 Å². The number of hydrogen-bond donors (Lipinski definition) is 0. The molecule has 2 aliphatic heterocycles. The van der Waals surface area contributed by atoms with Gasteiger partial charge in [0.05, 0.1) is 12.3 Å². The van der Waals surface area contributed by atoms with Crippen LogP contribution in [0, 0.1) is 0 Å². The van der Waals surface area contributed by atoms with Crippen molar-refractivity contribution in [1.29, 1.82) is 0 Å². The lowest BCUT2D eigenvalue weighted by Crippen LogP contribution is -2.54. The van der Waals surface area contributed by atoms with Crippen molar-refractivity contribution in [2.75, 3.05) is 46.0 Å². The van der Waals surface area contributed by atoms with E-state index in [9.17, 15) is 13.2 Å². The molecule has 2 aliphatic rings. The molecule has 26 heavy (non-hydrogen) atoms. The molecule has 1 aromatic rings. The molecule has 0 unspecified atom stereocenters. The number of carbonyl (C=O) groups is 1. The molecular weight excluding hydrogens is 350 g/mol. The third kappa shape index (κ3) is 3.66. The molecule has 1 fully saturated rings. The van der Waals surface area contributed by atoms with E-state index in [-0.39, 0.29) is 17.1 Å². The first-order chi connectivity index (χ1) is 12.3. The molecule has 0 radical (unpaired) electrons. The highest BCUT2D eigenvalue weighted by molar-refractivity contribution is 7.89. The number of rotatable bonds is 4. The third-order valence-electron chi connectivity index (χ3n) is 5.80. The van der Waals surface area contributed by atoms with Gasteiger partial charge in [-0.15, -0.1) is 0 Å². The van der Waals surface area contributed by atoms with Crippen LogP contribution in [0.1, 0.15) is 30.9 Å². The fourth-order valence-electron chi connectivity index (χ4n) is 4.23. The van der Waals surface area contributed by atoms with Gasteiger partial charge in [-0.3, -0.25) is 9.69 Å². The highest BCUT2D eigenvalue weighted by Gasteiger charge is 2.43. The smallest absolute Gasteiger partial charge is 0.236 e. The second kappa shape index (κ2) is 7.29. The van der Waals surface area contributed by atoms with Crippen LogP contribution >= 0.6 is 0 Å². The van der Waals surface area contributed by atoms with E-state index < -0.39 is 10.0 Å². The van der Waals surface area contributed by atoms with E-state index in [0.29, 0.717) is 19.6 Å².